The fraction of sp³-hybridized carbons (Fsp3) is 0.273. The lowest BCUT2D eigenvalue weighted by Gasteiger charge is -2.15. The Labute approximate surface area is 93.2 Å². The van der Waals surface area contributed by atoms with E-state index in [-0.39, 0.29) is 11.7 Å². The first-order valence-electron chi connectivity index (χ1n) is 5.10. The third-order valence-corrected chi connectivity index (χ3v) is 2.66. The molecule has 1 saturated heterocycles. The minimum Gasteiger partial charge on any atom is -0.409 e. The maximum absolute atomic E-state index is 11.5. The number of rotatable bonds is 2. The van der Waals surface area contributed by atoms with E-state index in [0.717, 1.165) is 18.7 Å². The summed E-state index contributed by atoms with van der Waals surface area (Å²) >= 11 is 0. The van der Waals surface area contributed by atoms with Gasteiger partial charge in [0.2, 0.25) is 5.91 Å². The van der Waals surface area contributed by atoms with Crippen LogP contribution in [0, 0.1) is 0 Å². The molecule has 0 atom stereocenters. The first-order chi connectivity index (χ1) is 7.72. The van der Waals surface area contributed by atoms with E-state index in [1.165, 1.54) is 0 Å². The van der Waals surface area contributed by atoms with Gasteiger partial charge in [0, 0.05) is 24.2 Å². The van der Waals surface area contributed by atoms with Crippen molar-refractivity contribution in [1.82, 2.24) is 0 Å². The highest BCUT2D eigenvalue weighted by atomic mass is 16.4. The van der Waals surface area contributed by atoms with Gasteiger partial charge >= 0.3 is 0 Å². The van der Waals surface area contributed by atoms with E-state index in [1.54, 1.807) is 29.2 Å². The van der Waals surface area contributed by atoms with E-state index in [9.17, 15) is 4.79 Å². The molecule has 1 aromatic carbocycles. The number of anilines is 1. The molecule has 1 heterocycles. The van der Waals surface area contributed by atoms with Crippen LogP contribution in [0.1, 0.15) is 18.4 Å². The quantitative estimate of drug-likeness (QED) is 0.336. The van der Waals surface area contributed by atoms with E-state index in [4.69, 9.17) is 10.9 Å². The minimum absolute atomic E-state index is 0.0688. The number of amides is 1. The summed E-state index contributed by atoms with van der Waals surface area (Å²) in [6.45, 7) is 0.766. The predicted octanol–water partition coefficient (Wildman–Crippen LogP) is 0.908. The van der Waals surface area contributed by atoms with Crippen LogP contribution in [-0.4, -0.2) is 23.5 Å². The summed E-state index contributed by atoms with van der Waals surface area (Å²) in [5.41, 5.74) is 6.94. The molecule has 0 aliphatic carbocycles. The molecule has 5 nitrogen and oxygen atoms in total. The number of nitrogens with zero attached hydrogens (tertiary/aromatic N) is 2. The normalized spacial score (nSPS) is 16.9. The van der Waals surface area contributed by atoms with E-state index >= 15 is 0 Å². The van der Waals surface area contributed by atoms with Crippen LogP contribution in [0.25, 0.3) is 0 Å². The van der Waals surface area contributed by atoms with Crippen LogP contribution in [0.3, 0.4) is 0 Å². The summed E-state index contributed by atoms with van der Waals surface area (Å²) in [6.07, 6.45) is 1.52. The number of benzene rings is 1. The Hall–Kier alpha value is -2.04. The molecule has 2 rings (SSSR count). The minimum atomic E-state index is 0.0688. The molecule has 1 fully saturated rings. The highest BCUT2D eigenvalue weighted by molar-refractivity contribution is 5.99. The number of oxime groups is 1. The van der Waals surface area contributed by atoms with Crippen molar-refractivity contribution in [3.05, 3.63) is 29.8 Å². The molecule has 5 heteroatoms. The van der Waals surface area contributed by atoms with E-state index in [0.29, 0.717) is 12.0 Å². The van der Waals surface area contributed by atoms with Gasteiger partial charge in [0.1, 0.15) is 0 Å². The highest BCUT2D eigenvalue weighted by Crippen LogP contribution is 2.21. The maximum atomic E-state index is 11.5. The van der Waals surface area contributed by atoms with Crippen LogP contribution < -0.4 is 10.6 Å². The van der Waals surface area contributed by atoms with Crippen molar-refractivity contribution >= 4 is 17.4 Å². The van der Waals surface area contributed by atoms with Gasteiger partial charge < -0.3 is 15.8 Å². The smallest absolute Gasteiger partial charge is 0.227 e. The first-order valence-corrected chi connectivity index (χ1v) is 5.10. The monoisotopic (exact) mass is 219 g/mol. The summed E-state index contributed by atoms with van der Waals surface area (Å²) in [4.78, 5) is 13.2. The van der Waals surface area contributed by atoms with E-state index in [2.05, 4.69) is 5.16 Å². The fourth-order valence-electron chi connectivity index (χ4n) is 1.79. The van der Waals surface area contributed by atoms with Gasteiger partial charge in [0.05, 0.1) is 0 Å². The van der Waals surface area contributed by atoms with Gasteiger partial charge in [0.25, 0.3) is 0 Å². The lowest BCUT2D eigenvalue weighted by molar-refractivity contribution is -0.117. The first kappa shape index (κ1) is 10.5. The topological polar surface area (TPSA) is 78.9 Å². The lowest BCUT2D eigenvalue weighted by Crippen LogP contribution is -2.23. The third kappa shape index (κ3) is 1.84. The molecule has 1 aromatic rings. The third-order valence-electron chi connectivity index (χ3n) is 2.66. The van der Waals surface area contributed by atoms with Crippen molar-refractivity contribution < 1.29 is 10.0 Å². The van der Waals surface area contributed by atoms with Gasteiger partial charge in [-0.2, -0.15) is 0 Å². The number of nitrogens with two attached hydrogens (primary N) is 1. The molecule has 0 saturated carbocycles. The SMILES string of the molecule is NC(=NO)c1ccc(N2CCCC2=O)cc1. The zero-order valence-corrected chi connectivity index (χ0v) is 8.76. The molecule has 1 aliphatic rings. The number of hydrogen-bond donors (Lipinski definition) is 2. The number of amidine groups is 1. The Bertz CT molecular complexity index is 425. The van der Waals surface area contributed by atoms with Crippen LogP contribution in [0.2, 0.25) is 0 Å². The Balaban J connectivity index is 2.22. The van der Waals surface area contributed by atoms with Crippen LogP contribution in [0.5, 0.6) is 0 Å². The average molecular weight is 219 g/mol. The molecule has 0 aromatic heterocycles. The van der Waals surface area contributed by atoms with Gasteiger partial charge in [-0.1, -0.05) is 5.16 Å². The zero-order chi connectivity index (χ0) is 11.5. The molecule has 3 N–H and O–H groups in total. The largest absolute Gasteiger partial charge is 0.409 e. The van der Waals surface area contributed by atoms with Gasteiger partial charge in [-0.3, -0.25) is 4.79 Å². The second-order valence-electron chi connectivity index (χ2n) is 3.68. The van der Waals surface area contributed by atoms with Crippen molar-refractivity contribution in [3.8, 4) is 0 Å². The van der Waals surface area contributed by atoms with Crippen molar-refractivity contribution in [1.29, 1.82) is 0 Å². The number of carbonyl (C=O) groups excluding carboxylic acids is 1. The maximum Gasteiger partial charge on any atom is 0.227 e. The van der Waals surface area contributed by atoms with Gasteiger partial charge in [-0.05, 0) is 30.7 Å². The summed E-state index contributed by atoms with van der Waals surface area (Å²) in [6, 6.07) is 7.07. The van der Waals surface area contributed by atoms with Crippen LogP contribution in [0.4, 0.5) is 5.69 Å². The van der Waals surface area contributed by atoms with Gasteiger partial charge in [0.15, 0.2) is 5.84 Å². The number of hydrogen-bond acceptors (Lipinski definition) is 3. The lowest BCUT2D eigenvalue weighted by atomic mass is 10.2. The second-order valence-corrected chi connectivity index (χ2v) is 3.68. The van der Waals surface area contributed by atoms with Crippen LogP contribution in [-0.2, 0) is 4.79 Å². The molecule has 0 spiro atoms. The van der Waals surface area contributed by atoms with Crippen LogP contribution in [0.15, 0.2) is 29.4 Å². The van der Waals surface area contributed by atoms with Crippen LogP contribution >= 0.6 is 0 Å². The van der Waals surface area contributed by atoms with Crippen molar-refractivity contribution in [2.45, 2.75) is 12.8 Å². The summed E-state index contributed by atoms with van der Waals surface area (Å²) < 4.78 is 0. The Morgan fingerprint density at radius 1 is 1.38 bits per heavy atom. The molecule has 0 radical (unpaired) electrons. The van der Waals surface area contributed by atoms with Crippen molar-refractivity contribution in [3.63, 3.8) is 0 Å². The Morgan fingerprint density at radius 2 is 2.06 bits per heavy atom. The summed E-state index contributed by atoms with van der Waals surface area (Å²) in [7, 11) is 0. The summed E-state index contributed by atoms with van der Waals surface area (Å²) in [5, 5.41) is 11.4. The second kappa shape index (κ2) is 4.22. The standard InChI is InChI=1S/C11H13N3O2/c12-11(13-16)8-3-5-9(6-4-8)14-7-1-2-10(14)15/h3-6,16H,1-2,7H2,(H2,12,13). The Kier molecular flexibility index (Phi) is 2.76. The highest BCUT2D eigenvalue weighted by Gasteiger charge is 2.21. The molecular formula is C11H13N3O2. The van der Waals surface area contributed by atoms with Gasteiger partial charge in [-0.25, -0.2) is 0 Å². The van der Waals surface area contributed by atoms with Crippen molar-refractivity contribution in [2.24, 2.45) is 10.9 Å². The molecule has 1 aliphatic heterocycles. The molecule has 84 valence electrons. The molecular weight excluding hydrogens is 206 g/mol. The molecule has 16 heavy (non-hydrogen) atoms. The molecule has 0 bridgehead atoms. The number of carbonyl (C=O) groups is 1. The zero-order valence-electron chi connectivity index (χ0n) is 8.76. The van der Waals surface area contributed by atoms with Gasteiger partial charge in [-0.15, -0.1) is 0 Å². The molecule has 0 unspecified atom stereocenters. The average Bonchev–Trinajstić information content (AvgIpc) is 2.75. The van der Waals surface area contributed by atoms with E-state index in [1.807, 2.05) is 0 Å². The van der Waals surface area contributed by atoms with Crippen molar-refractivity contribution in [2.75, 3.05) is 11.4 Å². The predicted molar refractivity (Wildman–Crippen MR) is 60.5 cm³/mol. The van der Waals surface area contributed by atoms with E-state index < -0.39 is 0 Å². The Morgan fingerprint density at radius 3 is 2.56 bits per heavy atom. The fourth-order valence-corrected chi connectivity index (χ4v) is 1.79. The molecule has 1 amide bonds. The summed E-state index contributed by atoms with van der Waals surface area (Å²) in [5.74, 6) is 0.218.